The summed E-state index contributed by atoms with van der Waals surface area (Å²) in [5, 5.41) is 21.5. The lowest BCUT2D eigenvalue weighted by Crippen LogP contribution is -2.37. The van der Waals surface area contributed by atoms with Crippen molar-refractivity contribution in [3.8, 4) is 5.75 Å². The number of hydrogen-bond acceptors (Lipinski definition) is 5. The average molecular weight is 226 g/mol. The van der Waals surface area contributed by atoms with E-state index in [-0.39, 0.29) is 13.2 Å². The fourth-order valence-electron chi connectivity index (χ4n) is 1.19. The van der Waals surface area contributed by atoms with Gasteiger partial charge < -0.3 is 26.0 Å². The van der Waals surface area contributed by atoms with Crippen molar-refractivity contribution >= 4 is 11.4 Å². The first kappa shape index (κ1) is 12.6. The van der Waals surface area contributed by atoms with E-state index >= 15 is 0 Å². The number of methoxy groups -OCH3 is 1. The maximum Gasteiger partial charge on any atom is 0.122 e. The first-order chi connectivity index (χ1) is 7.46. The highest BCUT2D eigenvalue weighted by atomic mass is 16.5. The van der Waals surface area contributed by atoms with Gasteiger partial charge in [0.05, 0.1) is 13.7 Å². The molecule has 1 aromatic rings. The highest BCUT2D eigenvalue weighted by molar-refractivity contribution is 5.59. The van der Waals surface area contributed by atoms with Crippen molar-refractivity contribution in [3.63, 3.8) is 0 Å². The van der Waals surface area contributed by atoms with E-state index in [1.807, 2.05) is 0 Å². The smallest absolute Gasteiger partial charge is 0.122 e. The number of aliphatic hydroxyl groups excluding tert-OH is 1. The molecule has 5 nitrogen and oxygen atoms in total. The van der Waals surface area contributed by atoms with Gasteiger partial charge >= 0.3 is 0 Å². The molecule has 0 aliphatic carbocycles. The van der Waals surface area contributed by atoms with E-state index in [0.29, 0.717) is 11.4 Å². The Labute approximate surface area is 94.8 Å². The van der Waals surface area contributed by atoms with Crippen molar-refractivity contribution in [2.24, 2.45) is 0 Å². The fourth-order valence-corrected chi connectivity index (χ4v) is 1.19. The van der Waals surface area contributed by atoms with Crippen LogP contribution < -0.4 is 15.8 Å². The first-order valence-electron chi connectivity index (χ1n) is 4.98. The molecule has 0 spiro atoms. The molecule has 0 aromatic heterocycles. The van der Waals surface area contributed by atoms with E-state index in [2.05, 4.69) is 5.32 Å². The second-order valence-corrected chi connectivity index (χ2v) is 4.00. The standard InChI is InChI=1S/C11H18N2O3/c1-11(15,7-14)6-13-9-3-8(12)4-10(5-9)16-2/h3-5,13-15H,6-7,12H2,1-2H3. The van der Waals surface area contributed by atoms with Crippen LogP contribution in [0, 0.1) is 0 Å². The molecular weight excluding hydrogens is 208 g/mol. The van der Waals surface area contributed by atoms with Gasteiger partial charge in [-0.15, -0.1) is 0 Å². The minimum Gasteiger partial charge on any atom is -0.497 e. The minimum absolute atomic E-state index is 0.232. The van der Waals surface area contributed by atoms with Crippen LogP contribution in [0.15, 0.2) is 18.2 Å². The van der Waals surface area contributed by atoms with Crippen molar-refractivity contribution in [1.82, 2.24) is 0 Å². The second kappa shape index (κ2) is 5.05. The van der Waals surface area contributed by atoms with Gasteiger partial charge in [-0.05, 0) is 13.0 Å². The Hall–Kier alpha value is -1.46. The van der Waals surface area contributed by atoms with Crippen molar-refractivity contribution < 1.29 is 14.9 Å². The average Bonchev–Trinajstić information content (AvgIpc) is 2.26. The van der Waals surface area contributed by atoms with Gasteiger partial charge in [-0.2, -0.15) is 0 Å². The Morgan fingerprint density at radius 1 is 1.44 bits per heavy atom. The molecule has 5 N–H and O–H groups in total. The molecule has 1 atom stereocenters. The largest absolute Gasteiger partial charge is 0.497 e. The molecule has 0 radical (unpaired) electrons. The molecule has 0 bridgehead atoms. The molecule has 0 saturated heterocycles. The third-order valence-corrected chi connectivity index (χ3v) is 2.18. The zero-order valence-electron chi connectivity index (χ0n) is 9.53. The summed E-state index contributed by atoms with van der Waals surface area (Å²) < 4.78 is 5.06. The number of rotatable bonds is 5. The fraction of sp³-hybridized carbons (Fsp3) is 0.455. The SMILES string of the molecule is COc1cc(N)cc(NCC(C)(O)CO)c1. The third kappa shape index (κ3) is 3.60. The molecule has 16 heavy (non-hydrogen) atoms. The van der Waals surface area contributed by atoms with Crippen LogP contribution in [0.1, 0.15) is 6.92 Å². The molecule has 0 heterocycles. The van der Waals surface area contributed by atoms with Gasteiger partial charge in [0, 0.05) is 30.1 Å². The maximum absolute atomic E-state index is 9.61. The van der Waals surface area contributed by atoms with Crippen molar-refractivity contribution in [2.45, 2.75) is 12.5 Å². The minimum atomic E-state index is -1.15. The Balaban J connectivity index is 2.70. The van der Waals surface area contributed by atoms with Gasteiger partial charge in [0.25, 0.3) is 0 Å². The summed E-state index contributed by atoms with van der Waals surface area (Å²) in [5.41, 5.74) is 5.84. The molecule has 1 aromatic carbocycles. The van der Waals surface area contributed by atoms with Crippen molar-refractivity contribution in [1.29, 1.82) is 0 Å². The van der Waals surface area contributed by atoms with Crippen LogP contribution in [0.2, 0.25) is 0 Å². The monoisotopic (exact) mass is 226 g/mol. The quantitative estimate of drug-likeness (QED) is 0.547. The molecule has 1 rings (SSSR count). The lowest BCUT2D eigenvalue weighted by molar-refractivity contribution is 0.0132. The second-order valence-electron chi connectivity index (χ2n) is 4.00. The molecule has 5 heteroatoms. The topological polar surface area (TPSA) is 87.7 Å². The summed E-state index contributed by atoms with van der Waals surface area (Å²) in [6.07, 6.45) is 0. The van der Waals surface area contributed by atoms with Crippen molar-refractivity contribution in [2.75, 3.05) is 31.3 Å². The Morgan fingerprint density at radius 3 is 2.69 bits per heavy atom. The molecule has 0 aliphatic heterocycles. The molecule has 90 valence electrons. The van der Waals surface area contributed by atoms with Crippen LogP contribution in [0.3, 0.4) is 0 Å². The molecule has 0 saturated carbocycles. The van der Waals surface area contributed by atoms with Crippen LogP contribution in [0.5, 0.6) is 5.75 Å². The van der Waals surface area contributed by atoms with Gasteiger partial charge in [-0.25, -0.2) is 0 Å². The van der Waals surface area contributed by atoms with Gasteiger partial charge in [-0.1, -0.05) is 0 Å². The highest BCUT2D eigenvalue weighted by Gasteiger charge is 2.18. The Kier molecular flexibility index (Phi) is 3.98. The van der Waals surface area contributed by atoms with E-state index in [0.717, 1.165) is 5.69 Å². The van der Waals surface area contributed by atoms with E-state index in [1.165, 1.54) is 0 Å². The van der Waals surface area contributed by atoms with Crippen LogP contribution in [0.4, 0.5) is 11.4 Å². The number of nitrogens with one attached hydrogen (secondary N) is 1. The van der Waals surface area contributed by atoms with Crippen LogP contribution >= 0.6 is 0 Å². The molecule has 0 aliphatic rings. The first-order valence-corrected chi connectivity index (χ1v) is 4.98. The summed E-state index contributed by atoms with van der Waals surface area (Å²) >= 11 is 0. The zero-order valence-corrected chi connectivity index (χ0v) is 9.53. The molecule has 0 fully saturated rings. The number of anilines is 2. The van der Waals surface area contributed by atoms with E-state index in [9.17, 15) is 5.11 Å². The summed E-state index contributed by atoms with van der Waals surface area (Å²) in [6, 6.07) is 5.20. The lowest BCUT2D eigenvalue weighted by Gasteiger charge is -2.21. The molecule has 1 unspecified atom stereocenters. The number of benzene rings is 1. The Bertz CT molecular complexity index is 353. The summed E-state index contributed by atoms with van der Waals surface area (Å²) in [5.74, 6) is 0.645. The predicted molar refractivity (Wildman–Crippen MR) is 63.6 cm³/mol. The van der Waals surface area contributed by atoms with Crippen molar-refractivity contribution in [3.05, 3.63) is 18.2 Å². The van der Waals surface area contributed by atoms with Gasteiger partial charge in [-0.3, -0.25) is 0 Å². The van der Waals surface area contributed by atoms with Crippen LogP contribution in [0.25, 0.3) is 0 Å². The van der Waals surface area contributed by atoms with E-state index in [4.69, 9.17) is 15.6 Å². The van der Waals surface area contributed by atoms with Gasteiger partial charge in [0.15, 0.2) is 0 Å². The van der Waals surface area contributed by atoms with Crippen LogP contribution in [-0.2, 0) is 0 Å². The molecular formula is C11H18N2O3. The predicted octanol–water partition coefficient (Wildman–Crippen LogP) is 0.433. The van der Waals surface area contributed by atoms with Crippen LogP contribution in [-0.4, -0.2) is 36.1 Å². The number of aliphatic hydroxyl groups is 2. The number of hydrogen-bond donors (Lipinski definition) is 4. The number of nitrogen functional groups attached to an aromatic ring is 1. The van der Waals surface area contributed by atoms with Gasteiger partial charge in [0.1, 0.15) is 11.4 Å². The summed E-state index contributed by atoms with van der Waals surface area (Å²) in [4.78, 5) is 0. The van der Waals surface area contributed by atoms with E-state index in [1.54, 1.807) is 32.2 Å². The third-order valence-electron chi connectivity index (χ3n) is 2.18. The maximum atomic E-state index is 9.61. The summed E-state index contributed by atoms with van der Waals surface area (Å²) in [7, 11) is 1.56. The number of nitrogens with two attached hydrogens (primary N) is 1. The summed E-state index contributed by atoms with van der Waals surface area (Å²) in [6.45, 7) is 1.47. The Morgan fingerprint density at radius 2 is 2.12 bits per heavy atom. The van der Waals surface area contributed by atoms with E-state index < -0.39 is 5.60 Å². The normalized spacial score (nSPS) is 14.2. The lowest BCUT2D eigenvalue weighted by atomic mass is 10.1. The van der Waals surface area contributed by atoms with Gasteiger partial charge in [0.2, 0.25) is 0 Å². The number of ether oxygens (including phenoxy) is 1. The highest BCUT2D eigenvalue weighted by Crippen LogP contribution is 2.22. The molecule has 0 amide bonds. The zero-order chi connectivity index (χ0) is 12.2.